The van der Waals surface area contributed by atoms with Crippen LogP contribution in [0.2, 0.25) is 0 Å². The summed E-state index contributed by atoms with van der Waals surface area (Å²) in [6.07, 6.45) is 4.02. The molecule has 3 unspecified atom stereocenters. The summed E-state index contributed by atoms with van der Waals surface area (Å²) in [5, 5.41) is 2.88. The van der Waals surface area contributed by atoms with Crippen LogP contribution in [-0.4, -0.2) is 35.8 Å². The van der Waals surface area contributed by atoms with Gasteiger partial charge >= 0.3 is 0 Å². The van der Waals surface area contributed by atoms with E-state index < -0.39 is 0 Å². The van der Waals surface area contributed by atoms with Crippen LogP contribution in [0.1, 0.15) is 43.7 Å². The number of benzene rings is 1. The number of amides is 2. The van der Waals surface area contributed by atoms with Gasteiger partial charge in [-0.2, -0.15) is 0 Å². The molecular weight excluding hydrogens is 290 g/mol. The van der Waals surface area contributed by atoms with Crippen molar-refractivity contribution in [3.8, 4) is 0 Å². The van der Waals surface area contributed by atoms with Gasteiger partial charge in [0.15, 0.2) is 0 Å². The minimum Gasteiger partial charge on any atom is -0.354 e. The molecule has 1 saturated heterocycles. The van der Waals surface area contributed by atoms with Crippen molar-refractivity contribution in [3.63, 3.8) is 0 Å². The van der Waals surface area contributed by atoms with Gasteiger partial charge in [-0.05, 0) is 24.8 Å². The monoisotopic (exact) mass is 315 g/mol. The van der Waals surface area contributed by atoms with E-state index >= 15 is 0 Å². The first-order chi connectivity index (χ1) is 11.1. The van der Waals surface area contributed by atoms with Crippen molar-refractivity contribution in [2.24, 2.45) is 11.7 Å². The normalized spacial score (nSPS) is 28.8. The van der Waals surface area contributed by atoms with Gasteiger partial charge in [0.1, 0.15) is 0 Å². The van der Waals surface area contributed by atoms with Crippen molar-refractivity contribution < 1.29 is 9.59 Å². The lowest BCUT2D eigenvalue weighted by Crippen LogP contribution is -2.43. The summed E-state index contributed by atoms with van der Waals surface area (Å²) in [6, 6.07) is 9.80. The molecule has 124 valence electrons. The van der Waals surface area contributed by atoms with Crippen molar-refractivity contribution in [2.45, 2.75) is 44.2 Å². The van der Waals surface area contributed by atoms with Gasteiger partial charge in [0.25, 0.3) is 0 Å². The molecule has 1 aliphatic carbocycles. The van der Waals surface area contributed by atoms with Gasteiger partial charge in [0.2, 0.25) is 11.8 Å². The topological polar surface area (TPSA) is 75.4 Å². The van der Waals surface area contributed by atoms with Gasteiger partial charge in [-0.1, -0.05) is 36.8 Å². The average molecular weight is 315 g/mol. The number of carbonyl (C=O) groups is 2. The molecule has 3 atom stereocenters. The van der Waals surface area contributed by atoms with E-state index in [0.717, 1.165) is 31.2 Å². The molecule has 2 amide bonds. The summed E-state index contributed by atoms with van der Waals surface area (Å²) in [6.45, 7) is 1.09. The predicted molar refractivity (Wildman–Crippen MR) is 88.5 cm³/mol. The lowest BCUT2D eigenvalue weighted by atomic mass is 9.84. The maximum Gasteiger partial charge on any atom is 0.226 e. The van der Waals surface area contributed by atoms with Crippen molar-refractivity contribution in [2.75, 3.05) is 13.1 Å². The number of carbonyl (C=O) groups excluding carboxylic acids is 2. The molecule has 0 spiro atoms. The molecule has 3 rings (SSSR count). The molecule has 0 radical (unpaired) electrons. The molecule has 0 aromatic heterocycles. The Morgan fingerprint density at radius 3 is 2.74 bits per heavy atom. The number of nitrogens with one attached hydrogen (secondary N) is 1. The van der Waals surface area contributed by atoms with Crippen LogP contribution in [-0.2, 0) is 9.59 Å². The molecule has 5 nitrogen and oxygen atoms in total. The number of rotatable bonds is 2. The van der Waals surface area contributed by atoms with Crippen LogP contribution in [0.4, 0.5) is 0 Å². The predicted octanol–water partition coefficient (Wildman–Crippen LogP) is 1.59. The fourth-order valence-corrected chi connectivity index (χ4v) is 3.75. The Morgan fingerprint density at radius 2 is 2.00 bits per heavy atom. The van der Waals surface area contributed by atoms with Gasteiger partial charge in [-0.15, -0.1) is 0 Å². The summed E-state index contributed by atoms with van der Waals surface area (Å²) < 4.78 is 0. The zero-order valence-corrected chi connectivity index (χ0v) is 13.4. The Hall–Kier alpha value is -1.88. The zero-order valence-electron chi connectivity index (χ0n) is 13.4. The van der Waals surface area contributed by atoms with Crippen LogP contribution in [0.5, 0.6) is 0 Å². The van der Waals surface area contributed by atoms with Crippen LogP contribution < -0.4 is 11.1 Å². The van der Waals surface area contributed by atoms with Crippen molar-refractivity contribution in [1.29, 1.82) is 0 Å². The van der Waals surface area contributed by atoms with E-state index in [1.807, 2.05) is 35.2 Å². The molecule has 1 heterocycles. The second kappa shape index (κ2) is 7.13. The molecule has 1 aliphatic heterocycles. The second-order valence-corrected chi connectivity index (χ2v) is 6.64. The van der Waals surface area contributed by atoms with Crippen molar-refractivity contribution in [1.82, 2.24) is 10.2 Å². The first-order valence-corrected chi connectivity index (χ1v) is 8.53. The minimum atomic E-state index is -0.177. The lowest BCUT2D eigenvalue weighted by Gasteiger charge is -2.35. The van der Waals surface area contributed by atoms with Crippen molar-refractivity contribution >= 4 is 11.8 Å². The van der Waals surface area contributed by atoms with Gasteiger partial charge in [0, 0.05) is 25.0 Å². The van der Waals surface area contributed by atoms with E-state index in [0.29, 0.717) is 19.5 Å². The molecule has 2 fully saturated rings. The zero-order chi connectivity index (χ0) is 16.2. The number of nitrogens with zero attached hydrogens (tertiary/aromatic N) is 1. The molecule has 2 aliphatic rings. The number of nitrogens with two attached hydrogens (primary N) is 1. The average Bonchev–Trinajstić information content (AvgIpc) is 2.76. The van der Waals surface area contributed by atoms with Gasteiger partial charge < -0.3 is 16.0 Å². The summed E-state index contributed by atoms with van der Waals surface area (Å²) in [5.41, 5.74) is 7.08. The van der Waals surface area contributed by atoms with Crippen LogP contribution in [0.3, 0.4) is 0 Å². The lowest BCUT2D eigenvalue weighted by molar-refractivity contribution is -0.139. The molecular formula is C18H25N3O2. The first kappa shape index (κ1) is 16.0. The molecule has 1 aromatic carbocycles. The minimum absolute atomic E-state index is 0.00170. The van der Waals surface area contributed by atoms with E-state index in [1.165, 1.54) is 0 Å². The van der Waals surface area contributed by atoms with Crippen LogP contribution in [0, 0.1) is 5.92 Å². The Kier molecular flexibility index (Phi) is 4.96. The molecule has 1 saturated carbocycles. The second-order valence-electron chi connectivity index (χ2n) is 6.64. The number of hydrogen-bond acceptors (Lipinski definition) is 3. The van der Waals surface area contributed by atoms with Crippen LogP contribution in [0.15, 0.2) is 30.3 Å². The van der Waals surface area contributed by atoms with Crippen LogP contribution in [0.25, 0.3) is 0 Å². The smallest absolute Gasteiger partial charge is 0.226 e. The van der Waals surface area contributed by atoms with Crippen molar-refractivity contribution in [3.05, 3.63) is 35.9 Å². The highest BCUT2D eigenvalue weighted by atomic mass is 16.2. The fraction of sp³-hybridized carbons (Fsp3) is 0.556. The summed E-state index contributed by atoms with van der Waals surface area (Å²) in [4.78, 5) is 27.0. The molecule has 0 bridgehead atoms. The van der Waals surface area contributed by atoms with Gasteiger partial charge in [-0.25, -0.2) is 0 Å². The Balaban J connectivity index is 1.83. The highest BCUT2D eigenvalue weighted by molar-refractivity contribution is 5.82. The number of hydrogen-bond donors (Lipinski definition) is 2. The molecule has 5 heteroatoms. The third kappa shape index (κ3) is 3.72. The Bertz CT molecular complexity index is 561. The third-order valence-electron chi connectivity index (χ3n) is 4.96. The third-order valence-corrected chi connectivity index (χ3v) is 4.96. The fourth-order valence-electron chi connectivity index (χ4n) is 3.75. The van der Waals surface area contributed by atoms with E-state index in [9.17, 15) is 9.59 Å². The highest BCUT2D eigenvalue weighted by Crippen LogP contribution is 2.31. The van der Waals surface area contributed by atoms with Crippen LogP contribution >= 0.6 is 0 Å². The van der Waals surface area contributed by atoms with E-state index in [4.69, 9.17) is 5.73 Å². The standard InChI is InChI=1S/C18H25N3O2/c19-15-8-4-7-14(11-15)18(23)21-10-9-20-17(22)12-16(21)13-5-2-1-3-6-13/h1-3,5-6,14-16H,4,7-12,19H2,(H,20,22). The molecule has 1 aromatic rings. The Morgan fingerprint density at radius 1 is 1.22 bits per heavy atom. The van der Waals surface area contributed by atoms with Gasteiger partial charge in [0.05, 0.1) is 12.5 Å². The van der Waals surface area contributed by atoms with Gasteiger partial charge in [-0.3, -0.25) is 9.59 Å². The Labute approximate surface area is 137 Å². The highest BCUT2D eigenvalue weighted by Gasteiger charge is 2.35. The van der Waals surface area contributed by atoms with E-state index in [1.54, 1.807) is 0 Å². The maximum atomic E-state index is 13.1. The molecule has 3 N–H and O–H groups in total. The SMILES string of the molecule is NC1CCCC(C(=O)N2CCNC(=O)CC2c2ccccc2)C1. The van der Waals surface area contributed by atoms with E-state index in [-0.39, 0.29) is 29.8 Å². The summed E-state index contributed by atoms with van der Waals surface area (Å²) >= 11 is 0. The summed E-state index contributed by atoms with van der Waals surface area (Å²) in [5.74, 6) is 0.165. The largest absolute Gasteiger partial charge is 0.354 e. The first-order valence-electron chi connectivity index (χ1n) is 8.53. The van der Waals surface area contributed by atoms with E-state index in [2.05, 4.69) is 5.32 Å². The molecule has 23 heavy (non-hydrogen) atoms. The maximum absolute atomic E-state index is 13.1. The quantitative estimate of drug-likeness (QED) is 0.870. The summed E-state index contributed by atoms with van der Waals surface area (Å²) in [7, 11) is 0.